The second kappa shape index (κ2) is 7.70. The molecule has 1 rings (SSSR count). The maximum absolute atomic E-state index is 12.0. The number of methoxy groups -OCH3 is 1. The third-order valence-electron chi connectivity index (χ3n) is 3.26. The zero-order valence-electron chi connectivity index (χ0n) is 13.8. The highest BCUT2D eigenvalue weighted by atomic mass is 35.5. The second-order valence-corrected chi connectivity index (χ2v) is 6.51. The van der Waals surface area contributed by atoms with Crippen molar-refractivity contribution >= 4 is 17.5 Å². The molecule has 0 radical (unpaired) electrons. The predicted molar refractivity (Wildman–Crippen MR) is 88.5 cm³/mol. The van der Waals surface area contributed by atoms with Gasteiger partial charge < -0.3 is 20.5 Å². The van der Waals surface area contributed by atoms with Gasteiger partial charge in [0.1, 0.15) is 0 Å². The standard InChI is InChI=1S/C16H25ClN2O3/c1-6-22-13-11(17)7-10(8-12(13)21-5)9-19-15(20)14(18)16(2,3)4/h7-8,14H,6,9,18H2,1-5H3,(H,19,20)/t14-/m1/s1. The van der Waals surface area contributed by atoms with Crippen LogP contribution in [0.2, 0.25) is 5.02 Å². The van der Waals surface area contributed by atoms with Crippen LogP contribution in [0.5, 0.6) is 11.5 Å². The van der Waals surface area contributed by atoms with Crippen LogP contribution in [0, 0.1) is 5.41 Å². The zero-order valence-corrected chi connectivity index (χ0v) is 14.6. The monoisotopic (exact) mass is 328 g/mol. The number of benzene rings is 1. The Labute approximate surface area is 137 Å². The van der Waals surface area contributed by atoms with E-state index in [-0.39, 0.29) is 11.3 Å². The van der Waals surface area contributed by atoms with Gasteiger partial charge in [0.15, 0.2) is 11.5 Å². The van der Waals surface area contributed by atoms with Crippen molar-refractivity contribution < 1.29 is 14.3 Å². The molecule has 3 N–H and O–H groups in total. The molecular weight excluding hydrogens is 304 g/mol. The van der Waals surface area contributed by atoms with Crippen LogP contribution < -0.4 is 20.5 Å². The largest absolute Gasteiger partial charge is 0.493 e. The highest BCUT2D eigenvalue weighted by molar-refractivity contribution is 6.32. The Balaban J connectivity index is 2.83. The smallest absolute Gasteiger partial charge is 0.237 e. The van der Waals surface area contributed by atoms with Crippen molar-refractivity contribution in [2.24, 2.45) is 11.1 Å². The lowest BCUT2D eigenvalue weighted by atomic mass is 9.87. The highest BCUT2D eigenvalue weighted by Gasteiger charge is 2.27. The minimum absolute atomic E-state index is 0.198. The van der Waals surface area contributed by atoms with Crippen LogP contribution in [-0.2, 0) is 11.3 Å². The van der Waals surface area contributed by atoms with Crippen LogP contribution >= 0.6 is 11.6 Å². The van der Waals surface area contributed by atoms with Crippen molar-refractivity contribution in [3.8, 4) is 11.5 Å². The summed E-state index contributed by atoms with van der Waals surface area (Å²) in [5.41, 5.74) is 6.45. The maximum atomic E-state index is 12.0. The lowest BCUT2D eigenvalue weighted by Crippen LogP contribution is -2.48. The number of hydrogen-bond acceptors (Lipinski definition) is 4. The molecule has 0 saturated carbocycles. The molecule has 0 bridgehead atoms. The second-order valence-electron chi connectivity index (χ2n) is 6.10. The number of hydrogen-bond donors (Lipinski definition) is 2. The molecule has 0 aliphatic heterocycles. The summed E-state index contributed by atoms with van der Waals surface area (Å²) >= 11 is 6.20. The van der Waals surface area contributed by atoms with Crippen LogP contribution in [-0.4, -0.2) is 25.7 Å². The highest BCUT2D eigenvalue weighted by Crippen LogP contribution is 2.36. The van der Waals surface area contributed by atoms with Gasteiger partial charge in [-0.05, 0) is 30.0 Å². The number of carbonyl (C=O) groups is 1. The minimum Gasteiger partial charge on any atom is -0.493 e. The summed E-state index contributed by atoms with van der Waals surface area (Å²) < 4.78 is 10.7. The molecule has 0 unspecified atom stereocenters. The molecule has 5 nitrogen and oxygen atoms in total. The summed E-state index contributed by atoms with van der Waals surface area (Å²) in [5, 5.41) is 3.27. The molecule has 0 aromatic heterocycles. The summed E-state index contributed by atoms with van der Waals surface area (Å²) in [6.07, 6.45) is 0. The van der Waals surface area contributed by atoms with Crippen LogP contribution in [0.4, 0.5) is 0 Å². The molecule has 1 aromatic carbocycles. The van der Waals surface area contributed by atoms with Gasteiger partial charge in [-0.25, -0.2) is 0 Å². The molecular formula is C16H25ClN2O3. The first-order chi connectivity index (χ1) is 10.2. The van der Waals surface area contributed by atoms with Crippen molar-refractivity contribution in [3.05, 3.63) is 22.7 Å². The van der Waals surface area contributed by atoms with Gasteiger partial charge in [0, 0.05) is 6.54 Å². The van der Waals surface area contributed by atoms with Gasteiger partial charge in [0.25, 0.3) is 0 Å². The van der Waals surface area contributed by atoms with E-state index in [0.717, 1.165) is 5.56 Å². The topological polar surface area (TPSA) is 73.6 Å². The van der Waals surface area contributed by atoms with E-state index < -0.39 is 6.04 Å². The molecule has 0 fully saturated rings. The molecule has 0 aliphatic carbocycles. The molecule has 22 heavy (non-hydrogen) atoms. The Morgan fingerprint density at radius 2 is 2.05 bits per heavy atom. The van der Waals surface area contributed by atoms with Crippen molar-refractivity contribution in [2.45, 2.75) is 40.3 Å². The van der Waals surface area contributed by atoms with E-state index in [1.807, 2.05) is 27.7 Å². The summed E-state index contributed by atoms with van der Waals surface area (Å²) in [5.74, 6) is 0.850. The Morgan fingerprint density at radius 1 is 1.41 bits per heavy atom. The first kappa shape index (κ1) is 18.6. The third kappa shape index (κ3) is 4.78. The summed E-state index contributed by atoms with van der Waals surface area (Å²) in [6, 6.07) is 2.96. The summed E-state index contributed by atoms with van der Waals surface area (Å²) in [7, 11) is 1.55. The van der Waals surface area contributed by atoms with Gasteiger partial charge in [-0.3, -0.25) is 4.79 Å². The fraction of sp³-hybridized carbons (Fsp3) is 0.562. The van der Waals surface area contributed by atoms with Crippen LogP contribution in [0.3, 0.4) is 0 Å². The van der Waals surface area contributed by atoms with Crippen molar-refractivity contribution in [2.75, 3.05) is 13.7 Å². The van der Waals surface area contributed by atoms with E-state index in [1.54, 1.807) is 19.2 Å². The summed E-state index contributed by atoms with van der Waals surface area (Å²) in [6.45, 7) is 8.46. The molecule has 1 amide bonds. The van der Waals surface area contributed by atoms with Gasteiger partial charge in [-0.2, -0.15) is 0 Å². The predicted octanol–water partition coefficient (Wildman–Crippen LogP) is 2.74. The van der Waals surface area contributed by atoms with Crippen molar-refractivity contribution in [1.82, 2.24) is 5.32 Å². The SMILES string of the molecule is CCOc1c(Cl)cc(CNC(=O)[C@@H](N)C(C)(C)C)cc1OC. The summed E-state index contributed by atoms with van der Waals surface area (Å²) in [4.78, 5) is 12.0. The molecule has 0 aliphatic rings. The number of nitrogens with one attached hydrogen (secondary N) is 1. The zero-order chi connectivity index (χ0) is 16.9. The fourth-order valence-corrected chi connectivity index (χ4v) is 2.14. The molecule has 0 saturated heterocycles. The number of carbonyl (C=O) groups excluding carboxylic acids is 1. The van der Waals surface area contributed by atoms with E-state index in [4.69, 9.17) is 26.8 Å². The number of rotatable bonds is 6. The first-order valence-corrected chi connectivity index (χ1v) is 7.61. The molecule has 0 spiro atoms. The molecule has 1 atom stereocenters. The van der Waals surface area contributed by atoms with E-state index in [0.29, 0.717) is 29.7 Å². The fourth-order valence-electron chi connectivity index (χ4n) is 1.85. The quantitative estimate of drug-likeness (QED) is 0.842. The lowest BCUT2D eigenvalue weighted by molar-refractivity contribution is -0.124. The maximum Gasteiger partial charge on any atom is 0.237 e. The van der Waals surface area contributed by atoms with Crippen molar-refractivity contribution in [3.63, 3.8) is 0 Å². The average Bonchev–Trinajstić information content (AvgIpc) is 2.45. The van der Waals surface area contributed by atoms with Gasteiger partial charge in [-0.15, -0.1) is 0 Å². The Hall–Kier alpha value is -1.46. The molecule has 6 heteroatoms. The Bertz CT molecular complexity index is 527. The number of amides is 1. The van der Waals surface area contributed by atoms with E-state index in [9.17, 15) is 4.79 Å². The van der Waals surface area contributed by atoms with E-state index >= 15 is 0 Å². The number of ether oxygens (including phenoxy) is 2. The molecule has 0 heterocycles. The molecule has 1 aromatic rings. The Kier molecular flexibility index (Phi) is 6.50. The van der Waals surface area contributed by atoms with Crippen LogP contribution in [0.25, 0.3) is 0 Å². The molecule has 124 valence electrons. The van der Waals surface area contributed by atoms with E-state index in [2.05, 4.69) is 5.32 Å². The van der Waals surface area contributed by atoms with Gasteiger partial charge in [0.05, 0.1) is 24.8 Å². The van der Waals surface area contributed by atoms with E-state index in [1.165, 1.54) is 0 Å². The number of nitrogens with two attached hydrogens (primary N) is 1. The third-order valence-corrected chi connectivity index (χ3v) is 3.54. The van der Waals surface area contributed by atoms with Crippen LogP contribution in [0.1, 0.15) is 33.3 Å². The normalized spacial score (nSPS) is 12.7. The minimum atomic E-state index is -0.576. The lowest BCUT2D eigenvalue weighted by Gasteiger charge is -2.25. The van der Waals surface area contributed by atoms with Gasteiger partial charge in [0.2, 0.25) is 5.91 Å². The first-order valence-electron chi connectivity index (χ1n) is 7.23. The van der Waals surface area contributed by atoms with Gasteiger partial charge in [-0.1, -0.05) is 32.4 Å². The number of halogens is 1. The Morgan fingerprint density at radius 3 is 2.55 bits per heavy atom. The van der Waals surface area contributed by atoms with Crippen LogP contribution in [0.15, 0.2) is 12.1 Å². The average molecular weight is 329 g/mol. The van der Waals surface area contributed by atoms with Crippen molar-refractivity contribution in [1.29, 1.82) is 0 Å². The van der Waals surface area contributed by atoms with Gasteiger partial charge >= 0.3 is 0 Å².